The first-order chi connectivity index (χ1) is 12.6. The van der Waals surface area contributed by atoms with Gasteiger partial charge in [0.15, 0.2) is 0 Å². The molecule has 0 saturated heterocycles. The summed E-state index contributed by atoms with van der Waals surface area (Å²) in [6, 6.07) is 17.1. The highest BCUT2D eigenvalue weighted by molar-refractivity contribution is 7.98. The zero-order valence-corrected chi connectivity index (χ0v) is 15.7. The van der Waals surface area contributed by atoms with Crippen LogP contribution in [0, 0.1) is 0 Å². The molecule has 1 aliphatic heterocycles. The van der Waals surface area contributed by atoms with Gasteiger partial charge < -0.3 is 4.74 Å². The van der Waals surface area contributed by atoms with Crippen molar-refractivity contribution < 1.29 is 14.3 Å². The molecule has 132 valence electrons. The van der Waals surface area contributed by atoms with Crippen molar-refractivity contribution in [3.8, 4) is 0 Å². The molecular weight excluding hydrogens is 346 g/mol. The van der Waals surface area contributed by atoms with E-state index in [4.69, 9.17) is 4.74 Å². The van der Waals surface area contributed by atoms with Crippen LogP contribution in [0.2, 0.25) is 0 Å². The van der Waals surface area contributed by atoms with Crippen LogP contribution in [0.25, 0.3) is 6.08 Å². The number of benzene rings is 2. The van der Waals surface area contributed by atoms with Crippen LogP contribution in [-0.2, 0) is 14.3 Å². The Kier molecular flexibility index (Phi) is 5.28. The Morgan fingerprint density at radius 2 is 1.85 bits per heavy atom. The molecule has 0 aliphatic carbocycles. The van der Waals surface area contributed by atoms with Gasteiger partial charge in [0, 0.05) is 10.6 Å². The van der Waals surface area contributed by atoms with E-state index in [0.717, 1.165) is 16.1 Å². The number of carbonyl (C=O) groups excluding carboxylic acids is 2. The number of esters is 1. The second kappa shape index (κ2) is 7.62. The first-order valence-electron chi connectivity index (χ1n) is 8.11. The van der Waals surface area contributed by atoms with Crippen molar-refractivity contribution in [2.24, 2.45) is 0 Å². The number of hydrogen-bond acceptors (Lipinski definition) is 4. The van der Waals surface area contributed by atoms with E-state index in [1.54, 1.807) is 29.7 Å². The number of carbonyl (C=O) groups is 2. The monoisotopic (exact) mass is 365 g/mol. The Morgan fingerprint density at radius 3 is 2.50 bits per heavy atom. The number of allylic oxidation sites excluding steroid dienone is 1. The van der Waals surface area contributed by atoms with E-state index in [1.807, 2.05) is 60.9 Å². The normalized spacial score (nSPS) is 15.7. The molecule has 3 rings (SSSR count). The van der Waals surface area contributed by atoms with E-state index in [-0.39, 0.29) is 5.91 Å². The summed E-state index contributed by atoms with van der Waals surface area (Å²) in [5.74, 6) is -0.744. The first kappa shape index (κ1) is 18.0. The van der Waals surface area contributed by atoms with Gasteiger partial charge in [-0.3, -0.25) is 9.69 Å². The lowest BCUT2D eigenvalue weighted by molar-refractivity contribution is -0.136. The standard InChI is InChI=1S/C21H19NO3S/c1-14-19(21(24)25-2)18(12-15-8-5-4-6-9-15)20(23)22(14)16-10-7-11-17(13-16)26-3/h4-13H,1-3H3/b18-12-. The predicted octanol–water partition coefficient (Wildman–Crippen LogP) is 4.29. The molecule has 0 bridgehead atoms. The summed E-state index contributed by atoms with van der Waals surface area (Å²) >= 11 is 1.60. The Hall–Kier alpha value is -2.79. The quantitative estimate of drug-likeness (QED) is 0.461. The molecule has 0 radical (unpaired) electrons. The van der Waals surface area contributed by atoms with Crippen LogP contribution in [0.1, 0.15) is 12.5 Å². The Balaban J connectivity index is 2.13. The molecule has 4 nitrogen and oxygen atoms in total. The maximum atomic E-state index is 13.2. The second-order valence-corrected chi connectivity index (χ2v) is 6.64. The maximum Gasteiger partial charge on any atom is 0.340 e. The highest BCUT2D eigenvalue weighted by Crippen LogP contribution is 2.36. The topological polar surface area (TPSA) is 46.6 Å². The molecule has 5 heteroatoms. The summed E-state index contributed by atoms with van der Waals surface area (Å²) in [5.41, 5.74) is 2.80. The third-order valence-corrected chi connectivity index (χ3v) is 4.94. The Morgan fingerprint density at radius 1 is 1.12 bits per heavy atom. The van der Waals surface area contributed by atoms with Gasteiger partial charge in [-0.15, -0.1) is 11.8 Å². The van der Waals surface area contributed by atoms with Crippen LogP contribution >= 0.6 is 11.8 Å². The van der Waals surface area contributed by atoms with Crippen molar-refractivity contribution in [1.29, 1.82) is 0 Å². The van der Waals surface area contributed by atoms with E-state index in [1.165, 1.54) is 7.11 Å². The van der Waals surface area contributed by atoms with Crippen LogP contribution in [-0.4, -0.2) is 25.2 Å². The van der Waals surface area contributed by atoms with Crippen molar-refractivity contribution in [2.45, 2.75) is 11.8 Å². The molecule has 0 atom stereocenters. The first-order valence-corrected chi connectivity index (χ1v) is 9.34. The summed E-state index contributed by atoms with van der Waals surface area (Å²) in [4.78, 5) is 28.1. The summed E-state index contributed by atoms with van der Waals surface area (Å²) in [6.07, 6.45) is 3.71. The number of nitrogens with zero attached hydrogens (tertiary/aromatic N) is 1. The van der Waals surface area contributed by atoms with E-state index >= 15 is 0 Å². The van der Waals surface area contributed by atoms with Crippen LogP contribution in [0.5, 0.6) is 0 Å². The largest absolute Gasteiger partial charge is 0.465 e. The van der Waals surface area contributed by atoms with Gasteiger partial charge in [-0.05, 0) is 43.0 Å². The zero-order chi connectivity index (χ0) is 18.7. The molecule has 0 spiro atoms. The number of methoxy groups -OCH3 is 1. The smallest absolute Gasteiger partial charge is 0.340 e. The molecular formula is C21H19NO3S. The van der Waals surface area contributed by atoms with Gasteiger partial charge in [-0.25, -0.2) is 4.79 Å². The van der Waals surface area contributed by atoms with Crippen molar-refractivity contribution in [2.75, 3.05) is 18.3 Å². The van der Waals surface area contributed by atoms with Gasteiger partial charge in [-0.2, -0.15) is 0 Å². The fourth-order valence-electron chi connectivity index (χ4n) is 2.96. The van der Waals surface area contributed by atoms with Gasteiger partial charge in [0.2, 0.25) is 0 Å². The number of amides is 1. The van der Waals surface area contributed by atoms with E-state index < -0.39 is 5.97 Å². The van der Waals surface area contributed by atoms with Gasteiger partial charge in [0.25, 0.3) is 5.91 Å². The van der Waals surface area contributed by atoms with Crippen molar-refractivity contribution in [3.63, 3.8) is 0 Å². The highest BCUT2D eigenvalue weighted by Gasteiger charge is 2.37. The highest BCUT2D eigenvalue weighted by atomic mass is 32.2. The summed E-state index contributed by atoms with van der Waals surface area (Å²) in [7, 11) is 1.32. The van der Waals surface area contributed by atoms with Crippen LogP contribution < -0.4 is 4.90 Å². The van der Waals surface area contributed by atoms with Gasteiger partial charge in [0.05, 0.1) is 23.9 Å². The minimum absolute atomic E-state index is 0.231. The second-order valence-electron chi connectivity index (χ2n) is 5.76. The fraction of sp³-hybridized carbons (Fsp3) is 0.143. The third kappa shape index (κ3) is 3.30. The third-order valence-electron chi connectivity index (χ3n) is 4.21. The molecule has 0 unspecified atom stereocenters. The minimum atomic E-state index is -0.512. The van der Waals surface area contributed by atoms with Gasteiger partial charge >= 0.3 is 5.97 Å². The number of ether oxygens (including phenoxy) is 1. The summed E-state index contributed by atoms with van der Waals surface area (Å²) in [5, 5.41) is 0. The van der Waals surface area contributed by atoms with E-state index in [2.05, 4.69) is 0 Å². The molecule has 2 aromatic carbocycles. The van der Waals surface area contributed by atoms with Crippen molar-refractivity contribution >= 4 is 35.4 Å². The molecule has 1 amide bonds. The van der Waals surface area contributed by atoms with Crippen LogP contribution in [0.15, 0.2) is 76.3 Å². The SMILES string of the molecule is COC(=O)C1=C(C)N(c2cccc(SC)c2)C(=O)/C1=C\c1ccccc1. The summed E-state index contributed by atoms with van der Waals surface area (Å²) < 4.78 is 4.93. The number of hydrogen-bond donors (Lipinski definition) is 0. The van der Waals surface area contributed by atoms with Gasteiger partial charge in [0.1, 0.15) is 0 Å². The maximum absolute atomic E-state index is 13.2. The molecule has 0 N–H and O–H groups in total. The van der Waals surface area contributed by atoms with Crippen molar-refractivity contribution in [1.82, 2.24) is 0 Å². The van der Waals surface area contributed by atoms with E-state index in [9.17, 15) is 9.59 Å². The molecule has 2 aromatic rings. The molecule has 0 saturated carbocycles. The van der Waals surface area contributed by atoms with Crippen LogP contribution in [0.3, 0.4) is 0 Å². The molecule has 1 aliphatic rings. The predicted molar refractivity (Wildman–Crippen MR) is 105 cm³/mol. The lowest BCUT2D eigenvalue weighted by Crippen LogP contribution is -2.24. The Bertz CT molecular complexity index is 916. The van der Waals surface area contributed by atoms with E-state index in [0.29, 0.717) is 16.8 Å². The lowest BCUT2D eigenvalue weighted by Gasteiger charge is -2.18. The van der Waals surface area contributed by atoms with Gasteiger partial charge in [-0.1, -0.05) is 36.4 Å². The molecule has 0 aromatic heterocycles. The van der Waals surface area contributed by atoms with Crippen molar-refractivity contribution in [3.05, 3.63) is 77.0 Å². The average Bonchev–Trinajstić information content (AvgIpc) is 2.92. The molecule has 1 heterocycles. The number of anilines is 1. The molecule has 0 fully saturated rings. The fourth-order valence-corrected chi connectivity index (χ4v) is 3.41. The zero-order valence-electron chi connectivity index (χ0n) is 14.9. The number of rotatable bonds is 4. The molecule has 26 heavy (non-hydrogen) atoms. The minimum Gasteiger partial charge on any atom is -0.465 e. The number of thioether (sulfide) groups is 1. The Labute approximate surface area is 157 Å². The average molecular weight is 365 g/mol. The summed E-state index contributed by atoms with van der Waals surface area (Å²) in [6.45, 7) is 1.77. The lowest BCUT2D eigenvalue weighted by atomic mass is 10.0. The van der Waals surface area contributed by atoms with Crippen LogP contribution in [0.4, 0.5) is 5.69 Å².